The average Bonchev–Trinajstić information content (AvgIpc) is 3.21. The predicted octanol–water partition coefficient (Wildman–Crippen LogP) is 2.43. The Balaban J connectivity index is 2.68. The maximum Gasteiger partial charge on any atom is 0.324 e. The molecule has 4 heteroatoms. The van der Waals surface area contributed by atoms with Crippen molar-refractivity contribution in [2.75, 3.05) is 20.2 Å². The fraction of sp³-hybridized carbons (Fsp3) is 0.938. The number of esters is 1. The molecule has 1 saturated carbocycles. The normalized spacial score (nSPS) is 17.0. The van der Waals surface area contributed by atoms with Gasteiger partial charge in [-0.05, 0) is 31.6 Å². The Morgan fingerprint density at radius 1 is 1.25 bits per heavy atom. The molecule has 1 aliphatic carbocycles. The summed E-state index contributed by atoms with van der Waals surface area (Å²) in [6.07, 6.45) is 4.62. The highest BCUT2D eigenvalue weighted by Crippen LogP contribution is 2.20. The highest BCUT2D eigenvalue weighted by Gasteiger charge is 2.31. The topological polar surface area (TPSA) is 41.6 Å². The maximum absolute atomic E-state index is 12.0. The molecule has 1 atom stereocenters. The van der Waals surface area contributed by atoms with Gasteiger partial charge >= 0.3 is 5.97 Å². The molecule has 0 aromatic rings. The fourth-order valence-corrected chi connectivity index (χ4v) is 2.75. The molecule has 20 heavy (non-hydrogen) atoms. The number of carbonyl (C=O) groups is 1. The summed E-state index contributed by atoms with van der Waals surface area (Å²) in [4.78, 5) is 14.4. The van der Waals surface area contributed by atoms with Gasteiger partial charge in [0.25, 0.3) is 0 Å². The van der Waals surface area contributed by atoms with Crippen LogP contribution in [0, 0.1) is 5.92 Å². The summed E-state index contributed by atoms with van der Waals surface area (Å²) >= 11 is 0. The van der Waals surface area contributed by atoms with Crippen LogP contribution in [0.15, 0.2) is 0 Å². The molecular formula is C16H32N2O2. The molecule has 0 saturated heterocycles. The van der Waals surface area contributed by atoms with E-state index in [2.05, 4.69) is 37.9 Å². The molecule has 0 heterocycles. The van der Waals surface area contributed by atoms with E-state index in [1.54, 1.807) is 0 Å². The number of hydrogen-bond acceptors (Lipinski definition) is 4. The summed E-state index contributed by atoms with van der Waals surface area (Å²) in [6, 6.07) is 0.874. The van der Waals surface area contributed by atoms with E-state index in [-0.39, 0.29) is 12.0 Å². The predicted molar refractivity (Wildman–Crippen MR) is 82.7 cm³/mol. The molecule has 1 N–H and O–H groups in total. The van der Waals surface area contributed by atoms with Crippen molar-refractivity contribution in [3.63, 3.8) is 0 Å². The van der Waals surface area contributed by atoms with Crippen molar-refractivity contribution in [2.24, 2.45) is 5.92 Å². The van der Waals surface area contributed by atoms with Crippen molar-refractivity contribution in [3.05, 3.63) is 0 Å². The zero-order valence-electron chi connectivity index (χ0n) is 13.8. The van der Waals surface area contributed by atoms with Crippen molar-refractivity contribution in [1.82, 2.24) is 10.2 Å². The second-order valence-electron chi connectivity index (χ2n) is 6.33. The van der Waals surface area contributed by atoms with Gasteiger partial charge in [0.1, 0.15) is 6.04 Å². The van der Waals surface area contributed by atoms with Crippen molar-refractivity contribution < 1.29 is 9.53 Å². The van der Waals surface area contributed by atoms with Crippen LogP contribution >= 0.6 is 0 Å². The molecule has 0 spiro atoms. The molecule has 1 fully saturated rings. The Labute approximate surface area is 124 Å². The standard InChI is InChI=1S/C16H32N2O2/c1-6-14(7-2)18(10-12(3)4)11-15(16(19)20-5)17-13-8-9-13/h12-15,17H,6-11H2,1-5H3. The van der Waals surface area contributed by atoms with Crippen LogP contribution in [0.25, 0.3) is 0 Å². The number of hydrogen-bond donors (Lipinski definition) is 1. The lowest BCUT2D eigenvalue weighted by Gasteiger charge is -2.34. The molecule has 0 radical (unpaired) electrons. The van der Waals surface area contributed by atoms with Gasteiger partial charge in [0, 0.05) is 25.2 Å². The second-order valence-corrected chi connectivity index (χ2v) is 6.33. The van der Waals surface area contributed by atoms with E-state index < -0.39 is 0 Å². The summed E-state index contributed by atoms with van der Waals surface area (Å²) in [5.41, 5.74) is 0. The first-order valence-electron chi connectivity index (χ1n) is 8.09. The van der Waals surface area contributed by atoms with Crippen molar-refractivity contribution >= 4 is 5.97 Å². The molecule has 118 valence electrons. The number of carbonyl (C=O) groups excluding carboxylic acids is 1. The lowest BCUT2D eigenvalue weighted by Crippen LogP contribution is -2.51. The van der Waals surface area contributed by atoms with Crippen LogP contribution in [-0.2, 0) is 9.53 Å². The summed E-state index contributed by atoms with van der Waals surface area (Å²) in [6.45, 7) is 10.7. The monoisotopic (exact) mass is 284 g/mol. The summed E-state index contributed by atoms with van der Waals surface area (Å²) in [5.74, 6) is 0.478. The Morgan fingerprint density at radius 3 is 2.25 bits per heavy atom. The summed E-state index contributed by atoms with van der Waals surface area (Å²) in [7, 11) is 1.48. The quantitative estimate of drug-likeness (QED) is 0.626. The molecule has 0 aromatic heterocycles. The van der Waals surface area contributed by atoms with Gasteiger partial charge in [-0.15, -0.1) is 0 Å². The van der Waals surface area contributed by atoms with Gasteiger partial charge in [0.2, 0.25) is 0 Å². The van der Waals surface area contributed by atoms with E-state index in [4.69, 9.17) is 4.74 Å². The lowest BCUT2D eigenvalue weighted by atomic mass is 10.1. The van der Waals surface area contributed by atoms with E-state index in [0.29, 0.717) is 18.0 Å². The number of nitrogens with one attached hydrogen (secondary N) is 1. The molecule has 1 unspecified atom stereocenters. The van der Waals surface area contributed by atoms with Gasteiger partial charge in [-0.1, -0.05) is 27.7 Å². The number of ether oxygens (including phenoxy) is 1. The van der Waals surface area contributed by atoms with Crippen LogP contribution in [0.1, 0.15) is 53.4 Å². The minimum Gasteiger partial charge on any atom is -0.468 e. The van der Waals surface area contributed by atoms with Gasteiger partial charge in [-0.2, -0.15) is 0 Å². The Kier molecular flexibility index (Phi) is 7.52. The van der Waals surface area contributed by atoms with Gasteiger partial charge < -0.3 is 10.1 Å². The zero-order chi connectivity index (χ0) is 15.1. The highest BCUT2D eigenvalue weighted by molar-refractivity contribution is 5.76. The molecule has 4 nitrogen and oxygen atoms in total. The minimum absolute atomic E-state index is 0.128. The largest absolute Gasteiger partial charge is 0.468 e. The first-order valence-corrected chi connectivity index (χ1v) is 8.09. The van der Waals surface area contributed by atoms with Crippen LogP contribution in [0.5, 0.6) is 0 Å². The smallest absolute Gasteiger partial charge is 0.324 e. The third-order valence-corrected chi connectivity index (χ3v) is 3.98. The van der Waals surface area contributed by atoms with E-state index >= 15 is 0 Å². The van der Waals surface area contributed by atoms with Gasteiger partial charge in [-0.25, -0.2) is 0 Å². The zero-order valence-corrected chi connectivity index (χ0v) is 13.8. The molecule has 0 bridgehead atoms. The second kappa shape index (κ2) is 8.63. The Morgan fingerprint density at radius 2 is 1.85 bits per heavy atom. The van der Waals surface area contributed by atoms with Gasteiger partial charge in [-0.3, -0.25) is 9.69 Å². The molecule has 0 aliphatic heterocycles. The van der Waals surface area contributed by atoms with E-state index in [1.165, 1.54) is 20.0 Å². The van der Waals surface area contributed by atoms with Gasteiger partial charge in [0.05, 0.1) is 7.11 Å². The third-order valence-electron chi connectivity index (χ3n) is 3.98. The Bertz CT molecular complexity index is 286. The summed E-state index contributed by atoms with van der Waals surface area (Å²) in [5, 5.41) is 3.43. The number of rotatable bonds is 10. The fourth-order valence-electron chi connectivity index (χ4n) is 2.75. The number of methoxy groups -OCH3 is 1. The first kappa shape index (κ1) is 17.4. The van der Waals surface area contributed by atoms with Crippen LogP contribution in [0.2, 0.25) is 0 Å². The van der Waals surface area contributed by atoms with Crippen LogP contribution in [0.4, 0.5) is 0 Å². The van der Waals surface area contributed by atoms with E-state index in [0.717, 1.165) is 25.9 Å². The number of nitrogens with zero attached hydrogens (tertiary/aromatic N) is 1. The van der Waals surface area contributed by atoms with E-state index in [1.807, 2.05) is 0 Å². The van der Waals surface area contributed by atoms with Gasteiger partial charge in [0.15, 0.2) is 0 Å². The third kappa shape index (κ3) is 5.80. The van der Waals surface area contributed by atoms with Crippen LogP contribution in [0.3, 0.4) is 0 Å². The molecule has 1 rings (SSSR count). The molecule has 0 amide bonds. The van der Waals surface area contributed by atoms with Crippen molar-refractivity contribution in [2.45, 2.75) is 71.5 Å². The minimum atomic E-state index is -0.188. The average molecular weight is 284 g/mol. The van der Waals surface area contributed by atoms with E-state index in [9.17, 15) is 4.79 Å². The van der Waals surface area contributed by atoms with Crippen molar-refractivity contribution in [3.8, 4) is 0 Å². The first-order chi connectivity index (χ1) is 9.51. The van der Waals surface area contributed by atoms with Crippen LogP contribution in [-0.4, -0.2) is 49.2 Å². The SMILES string of the molecule is CCC(CC)N(CC(C)C)CC(NC1CC1)C(=O)OC. The molecular weight excluding hydrogens is 252 g/mol. The van der Waals surface area contributed by atoms with Crippen molar-refractivity contribution in [1.29, 1.82) is 0 Å². The Hall–Kier alpha value is -0.610. The molecule has 0 aromatic carbocycles. The van der Waals surface area contributed by atoms with Crippen LogP contribution < -0.4 is 5.32 Å². The summed E-state index contributed by atoms with van der Waals surface area (Å²) < 4.78 is 4.97. The maximum atomic E-state index is 12.0. The highest BCUT2D eigenvalue weighted by atomic mass is 16.5. The lowest BCUT2D eigenvalue weighted by molar-refractivity contribution is -0.144. The molecule has 1 aliphatic rings.